The van der Waals surface area contributed by atoms with E-state index in [-0.39, 0.29) is 5.56 Å². The highest BCUT2D eigenvalue weighted by atomic mass is 16.1. The molecule has 128 valence electrons. The number of hydrogen-bond donors (Lipinski definition) is 0. The maximum absolute atomic E-state index is 13.0. The van der Waals surface area contributed by atoms with E-state index in [1.54, 1.807) is 18.5 Å². The van der Waals surface area contributed by atoms with Crippen LogP contribution in [0.5, 0.6) is 0 Å². The van der Waals surface area contributed by atoms with Gasteiger partial charge in [-0.15, -0.1) is 0 Å². The number of benzene rings is 2. The van der Waals surface area contributed by atoms with Crippen LogP contribution in [-0.2, 0) is 6.42 Å². The van der Waals surface area contributed by atoms with Crippen LogP contribution in [0.1, 0.15) is 23.9 Å². The highest BCUT2D eigenvalue weighted by molar-refractivity contribution is 6.03. The Morgan fingerprint density at radius 1 is 1.08 bits per heavy atom. The molecule has 0 unspecified atom stereocenters. The predicted octanol–water partition coefficient (Wildman–Crippen LogP) is 3.70. The number of aryl methyl sites for hydroxylation is 2. The third-order valence-electron chi connectivity index (χ3n) is 4.38. The molecular formula is C21H18N4O. The van der Waals surface area contributed by atoms with Gasteiger partial charge in [0.05, 0.1) is 22.6 Å². The third kappa shape index (κ3) is 2.77. The molecule has 0 N–H and O–H groups in total. The Morgan fingerprint density at radius 3 is 2.65 bits per heavy atom. The fourth-order valence-electron chi connectivity index (χ4n) is 2.96. The van der Waals surface area contributed by atoms with E-state index in [4.69, 9.17) is 4.98 Å². The molecular weight excluding hydrogens is 324 g/mol. The van der Waals surface area contributed by atoms with Gasteiger partial charge in [-0.05, 0) is 36.8 Å². The van der Waals surface area contributed by atoms with Crippen molar-refractivity contribution in [2.75, 3.05) is 0 Å². The van der Waals surface area contributed by atoms with Crippen molar-refractivity contribution >= 4 is 28.0 Å². The Balaban J connectivity index is 1.92. The lowest BCUT2D eigenvalue weighted by Crippen LogP contribution is -2.22. The molecule has 0 atom stereocenters. The largest absolute Gasteiger partial charge is 0.282 e. The van der Waals surface area contributed by atoms with Crippen molar-refractivity contribution in [1.82, 2.24) is 14.6 Å². The zero-order valence-electron chi connectivity index (χ0n) is 14.7. The summed E-state index contributed by atoms with van der Waals surface area (Å²) >= 11 is 0. The van der Waals surface area contributed by atoms with Crippen molar-refractivity contribution in [2.24, 2.45) is 5.10 Å². The van der Waals surface area contributed by atoms with Gasteiger partial charge in [-0.25, -0.2) is 4.98 Å². The van der Waals surface area contributed by atoms with Gasteiger partial charge in [0.2, 0.25) is 0 Å². The minimum atomic E-state index is -0.166. The summed E-state index contributed by atoms with van der Waals surface area (Å²) in [6.45, 7) is 4.00. The summed E-state index contributed by atoms with van der Waals surface area (Å²) in [6, 6.07) is 15.4. The average molecular weight is 342 g/mol. The first kappa shape index (κ1) is 16.1. The van der Waals surface area contributed by atoms with Gasteiger partial charge >= 0.3 is 0 Å². The summed E-state index contributed by atoms with van der Waals surface area (Å²) in [5.74, 6) is 0.627. The molecule has 0 radical (unpaired) electrons. The van der Waals surface area contributed by atoms with Crippen LogP contribution in [0.3, 0.4) is 0 Å². The van der Waals surface area contributed by atoms with Gasteiger partial charge in [0.25, 0.3) is 5.56 Å². The van der Waals surface area contributed by atoms with Crippen molar-refractivity contribution in [3.8, 4) is 0 Å². The van der Waals surface area contributed by atoms with Crippen LogP contribution in [0.2, 0.25) is 0 Å². The molecule has 5 nitrogen and oxygen atoms in total. The van der Waals surface area contributed by atoms with Crippen molar-refractivity contribution in [2.45, 2.75) is 20.3 Å². The molecule has 0 spiro atoms. The molecule has 26 heavy (non-hydrogen) atoms. The predicted molar refractivity (Wildman–Crippen MR) is 105 cm³/mol. The van der Waals surface area contributed by atoms with Crippen molar-refractivity contribution < 1.29 is 0 Å². The van der Waals surface area contributed by atoms with Gasteiger partial charge in [0.15, 0.2) is 0 Å². The Bertz CT molecular complexity index is 1190. The second kappa shape index (κ2) is 6.52. The van der Waals surface area contributed by atoms with E-state index >= 15 is 0 Å². The average Bonchev–Trinajstić information content (AvgIpc) is 2.68. The number of nitrogens with zero attached hydrogens (tertiary/aromatic N) is 4. The summed E-state index contributed by atoms with van der Waals surface area (Å²) in [4.78, 5) is 22.1. The van der Waals surface area contributed by atoms with E-state index < -0.39 is 0 Å². The zero-order valence-corrected chi connectivity index (χ0v) is 14.7. The molecule has 2 aromatic heterocycles. The topological polar surface area (TPSA) is 60.1 Å². The van der Waals surface area contributed by atoms with Gasteiger partial charge in [-0.3, -0.25) is 9.78 Å². The number of aromatic nitrogens is 3. The van der Waals surface area contributed by atoms with Crippen LogP contribution in [0, 0.1) is 6.92 Å². The minimum absolute atomic E-state index is 0.166. The molecule has 5 heteroatoms. The maximum atomic E-state index is 13.0. The molecule has 0 amide bonds. The summed E-state index contributed by atoms with van der Waals surface area (Å²) in [5.41, 5.74) is 3.46. The molecule has 0 fully saturated rings. The number of fused-ring (bicyclic) bond motifs is 3. The van der Waals surface area contributed by atoms with Gasteiger partial charge in [-0.1, -0.05) is 36.8 Å². The lowest BCUT2D eigenvalue weighted by molar-refractivity contribution is 0.735. The van der Waals surface area contributed by atoms with Crippen LogP contribution in [-0.4, -0.2) is 20.9 Å². The van der Waals surface area contributed by atoms with Gasteiger partial charge in [0, 0.05) is 18.0 Å². The quantitative estimate of drug-likeness (QED) is 0.421. The first-order valence-electron chi connectivity index (χ1n) is 8.58. The standard InChI is InChI=1S/C21H18N4O/c1-3-19-24-20-16-5-4-12-22-18(16)11-10-17(20)21(26)25(19)23-13-15-8-6-14(2)7-9-15/h4-13H,3H2,1-2H3/b23-13+. The second-order valence-corrected chi connectivity index (χ2v) is 6.19. The Morgan fingerprint density at radius 2 is 1.88 bits per heavy atom. The van der Waals surface area contributed by atoms with Crippen molar-refractivity contribution in [3.05, 3.63) is 82.0 Å². The van der Waals surface area contributed by atoms with Crippen molar-refractivity contribution in [3.63, 3.8) is 0 Å². The van der Waals surface area contributed by atoms with Gasteiger partial charge in [0.1, 0.15) is 5.82 Å². The lowest BCUT2D eigenvalue weighted by Gasteiger charge is -2.09. The highest BCUT2D eigenvalue weighted by Crippen LogP contribution is 2.20. The van der Waals surface area contributed by atoms with Crippen LogP contribution in [0.4, 0.5) is 0 Å². The fourth-order valence-corrected chi connectivity index (χ4v) is 2.96. The zero-order chi connectivity index (χ0) is 18.1. The van der Waals surface area contributed by atoms with Crippen LogP contribution in [0.15, 0.2) is 64.6 Å². The minimum Gasteiger partial charge on any atom is -0.267 e. The monoisotopic (exact) mass is 342 g/mol. The van der Waals surface area contributed by atoms with Gasteiger partial charge < -0.3 is 0 Å². The second-order valence-electron chi connectivity index (χ2n) is 6.19. The van der Waals surface area contributed by atoms with Crippen LogP contribution < -0.4 is 5.56 Å². The molecule has 0 bridgehead atoms. The molecule has 0 aliphatic rings. The molecule has 0 aliphatic heterocycles. The molecule has 2 heterocycles. The first-order chi connectivity index (χ1) is 12.7. The van der Waals surface area contributed by atoms with Crippen LogP contribution in [0.25, 0.3) is 21.8 Å². The van der Waals surface area contributed by atoms with E-state index in [1.807, 2.05) is 56.3 Å². The smallest absolute Gasteiger partial charge is 0.267 e. The van der Waals surface area contributed by atoms with E-state index in [9.17, 15) is 4.79 Å². The van der Waals surface area contributed by atoms with Gasteiger partial charge in [-0.2, -0.15) is 9.78 Å². The van der Waals surface area contributed by atoms with Crippen molar-refractivity contribution in [1.29, 1.82) is 0 Å². The summed E-state index contributed by atoms with van der Waals surface area (Å²) in [7, 11) is 0. The fraction of sp³-hybridized carbons (Fsp3) is 0.143. The normalized spacial score (nSPS) is 11.6. The lowest BCUT2D eigenvalue weighted by atomic mass is 10.1. The third-order valence-corrected chi connectivity index (χ3v) is 4.38. The number of pyridine rings is 1. The molecule has 2 aromatic carbocycles. The number of rotatable bonds is 3. The van der Waals surface area contributed by atoms with E-state index in [0.29, 0.717) is 23.1 Å². The Kier molecular flexibility index (Phi) is 4.05. The molecule has 0 saturated carbocycles. The molecule has 0 aliphatic carbocycles. The Labute approximate surface area is 150 Å². The SMILES string of the molecule is CCc1nc2c(ccc3ncccc32)c(=O)n1/N=C/c1ccc(C)cc1. The van der Waals surface area contributed by atoms with E-state index in [1.165, 1.54) is 10.2 Å². The maximum Gasteiger partial charge on any atom is 0.282 e. The summed E-state index contributed by atoms with van der Waals surface area (Å²) < 4.78 is 1.39. The molecule has 4 aromatic rings. The molecule has 4 rings (SSSR count). The van der Waals surface area contributed by atoms with E-state index in [2.05, 4.69) is 10.1 Å². The first-order valence-corrected chi connectivity index (χ1v) is 8.58. The van der Waals surface area contributed by atoms with E-state index in [0.717, 1.165) is 16.5 Å². The molecule has 0 saturated heterocycles. The van der Waals surface area contributed by atoms with Crippen LogP contribution >= 0.6 is 0 Å². The Hall–Kier alpha value is -3.34. The number of hydrogen-bond acceptors (Lipinski definition) is 4. The summed E-state index contributed by atoms with van der Waals surface area (Å²) in [6.07, 6.45) is 4.03. The summed E-state index contributed by atoms with van der Waals surface area (Å²) in [5, 5.41) is 5.83. The highest BCUT2D eigenvalue weighted by Gasteiger charge is 2.12.